The second-order valence-corrected chi connectivity index (χ2v) is 9.06. The van der Waals surface area contributed by atoms with Gasteiger partial charge in [0.2, 0.25) is 0 Å². The van der Waals surface area contributed by atoms with Crippen molar-refractivity contribution < 1.29 is 19.5 Å². The number of rotatable bonds is 6. The fourth-order valence-corrected chi connectivity index (χ4v) is 5.45. The monoisotopic (exact) mass is 435 g/mol. The first-order chi connectivity index (χ1) is 15.6. The molecule has 0 unspecified atom stereocenters. The van der Waals surface area contributed by atoms with Crippen molar-refractivity contribution in [1.29, 1.82) is 0 Å². The lowest BCUT2D eigenvalue weighted by Gasteiger charge is -2.37. The lowest BCUT2D eigenvalue weighted by molar-refractivity contribution is -0.123. The highest BCUT2D eigenvalue weighted by Crippen LogP contribution is 2.36. The van der Waals surface area contributed by atoms with Crippen LogP contribution in [0.3, 0.4) is 0 Å². The fraction of sp³-hybridized carbons (Fsp3) is 0.480. The molecule has 0 radical (unpaired) electrons. The summed E-state index contributed by atoms with van der Waals surface area (Å²) in [5.41, 5.74) is 2.03. The summed E-state index contributed by atoms with van der Waals surface area (Å²) in [5, 5.41) is 10.9. The molecule has 32 heavy (non-hydrogen) atoms. The Balaban J connectivity index is 1.36. The summed E-state index contributed by atoms with van der Waals surface area (Å²) in [6.07, 6.45) is 4.45. The average molecular weight is 436 g/mol. The van der Waals surface area contributed by atoms with Gasteiger partial charge in [0.15, 0.2) is 0 Å². The Morgan fingerprint density at radius 2 is 1.62 bits per heavy atom. The summed E-state index contributed by atoms with van der Waals surface area (Å²) in [7, 11) is 0. The number of ketones is 1. The predicted molar refractivity (Wildman–Crippen MR) is 122 cm³/mol. The summed E-state index contributed by atoms with van der Waals surface area (Å²) in [6.45, 7) is 3.54. The van der Waals surface area contributed by atoms with Crippen molar-refractivity contribution in [2.45, 2.75) is 25.7 Å². The zero-order valence-corrected chi connectivity index (χ0v) is 18.3. The van der Waals surface area contributed by atoms with E-state index in [1.807, 2.05) is 18.2 Å². The van der Waals surface area contributed by atoms with Gasteiger partial charge in [0.25, 0.3) is 11.8 Å². The van der Waals surface area contributed by atoms with Crippen LogP contribution in [-0.4, -0.2) is 78.4 Å². The van der Waals surface area contributed by atoms with Crippen molar-refractivity contribution in [2.24, 2.45) is 5.92 Å². The van der Waals surface area contributed by atoms with Crippen LogP contribution in [0.2, 0.25) is 0 Å². The zero-order valence-electron chi connectivity index (χ0n) is 18.3. The molecule has 2 amide bonds. The van der Waals surface area contributed by atoms with Crippen LogP contribution >= 0.6 is 0 Å². The van der Waals surface area contributed by atoms with E-state index in [1.165, 1.54) is 12.8 Å². The topological polar surface area (TPSA) is 81.2 Å². The molecule has 3 aliphatic rings. The molecule has 0 bridgehead atoms. The Labute approximate surface area is 187 Å². The number of carbonyl (C=O) groups excluding carboxylic acids is 3. The summed E-state index contributed by atoms with van der Waals surface area (Å²) in [4.78, 5) is 44.0. The first-order valence-electron chi connectivity index (χ1n) is 11.6. The Kier molecular flexibility index (Phi) is 5.69. The van der Waals surface area contributed by atoms with Crippen LogP contribution in [0.4, 0.5) is 5.69 Å². The van der Waals surface area contributed by atoms with Crippen LogP contribution in [0, 0.1) is 5.92 Å². The predicted octanol–water partition coefficient (Wildman–Crippen LogP) is 2.31. The zero-order chi connectivity index (χ0) is 22.2. The Hall–Kier alpha value is -2.77. The minimum absolute atomic E-state index is 0.00319. The standard InChI is InChI=1S/C25H29N3O4/c29-15-14-28-24(31)19-7-3-6-18-21(9-8-20(23(18)19)25(28)32)27-12-10-26(11-13-27)16-22(30)17-4-1-2-5-17/h3,6-9,17,29H,1-2,4-5,10-16H2. The summed E-state index contributed by atoms with van der Waals surface area (Å²) < 4.78 is 0. The van der Waals surface area contributed by atoms with Gasteiger partial charge in [0, 0.05) is 59.7 Å². The maximum absolute atomic E-state index is 12.9. The molecule has 2 aromatic rings. The van der Waals surface area contributed by atoms with Gasteiger partial charge in [-0.15, -0.1) is 0 Å². The van der Waals surface area contributed by atoms with Gasteiger partial charge in [-0.25, -0.2) is 0 Å². The highest BCUT2D eigenvalue weighted by molar-refractivity contribution is 6.26. The number of carbonyl (C=O) groups is 3. The lowest BCUT2D eigenvalue weighted by atomic mass is 9.92. The van der Waals surface area contributed by atoms with Gasteiger partial charge < -0.3 is 10.0 Å². The number of imide groups is 1. The summed E-state index contributed by atoms with van der Waals surface area (Å²) in [5.74, 6) is -0.0555. The van der Waals surface area contributed by atoms with Crippen LogP contribution in [0.15, 0.2) is 30.3 Å². The van der Waals surface area contributed by atoms with Crippen LogP contribution in [0.1, 0.15) is 46.4 Å². The maximum atomic E-state index is 12.9. The van der Waals surface area contributed by atoms with E-state index < -0.39 is 0 Å². The number of Topliss-reactive ketones (excluding diaryl/α,β-unsaturated/α-hetero) is 1. The number of aliphatic hydroxyl groups is 1. The average Bonchev–Trinajstić information content (AvgIpc) is 3.36. The highest BCUT2D eigenvalue weighted by Gasteiger charge is 2.34. The molecule has 2 heterocycles. The van der Waals surface area contributed by atoms with Crippen LogP contribution in [0.25, 0.3) is 10.8 Å². The molecule has 0 atom stereocenters. The molecular weight excluding hydrogens is 406 g/mol. The molecule has 0 aromatic heterocycles. The summed E-state index contributed by atoms with van der Waals surface area (Å²) in [6, 6.07) is 9.34. The Morgan fingerprint density at radius 1 is 0.938 bits per heavy atom. The van der Waals surface area contributed by atoms with E-state index >= 15 is 0 Å². The summed E-state index contributed by atoms with van der Waals surface area (Å²) >= 11 is 0. The minimum atomic E-state index is -0.352. The highest BCUT2D eigenvalue weighted by atomic mass is 16.3. The van der Waals surface area contributed by atoms with E-state index in [4.69, 9.17) is 0 Å². The lowest BCUT2D eigenvalue weighted by Crippen LogP contribution is -2.48. The van der Waals surface area contributed by atoms with Crippen LogP contribution < -0.4 is 4.90 Å². The molecule has 168 valence electrons. The van der Waals surface area contributed by atoms with E-state index in [-0.39, 0.29) is 30.9 Å². The molecule has 7 nitrogen and oxygen atoms in total. The SMILES string of the molecule is O=C(CN1CCN(c2ccc3c4c(cccc24)C(=O)N(CCO)C3=O)CC1)C1CCCC1. The molecule has 1 N–H and O–H groups in total. The quantitative estimate of drug-likeness (QED) is 0.702. The van der Waals surface area contributed by atoms with Crippen LogP contribution in [-0.2, 0) is 4.79 Å². The van der Waals surface area contributed by atoms with Gasteiger partial charge in [-0.3, -0.25) is 24.2 Å². The van der Waals surface area contributed by atoms with Crippen molar-refractivity contribution in [3.8, 4) is 0 Å². The fourth-order valence-electron chi connectivity index (χ4n) is 5.45. The van der Waals surface area contributed by atoms with E-state index in [2.05, 4.69) is 9.80 Å². The second kappa shape index (κ2) is 8.64. The van der Waals surface area contributed by atoms with Gasteiger partial charge >= 0.3 is 0 Å². The number of hydrogen-bond donors (Lipinski definition) is 1. The molecule has 0 spiro atoms. The molecular formula is C25H29N3O4. The van der Waals surface area contributed by atoms with E-state index in [0.717, 1.165) is 55.0 Å². The number of aliphatic hydroxyl groups excluding tert-OH is 1. The van der Waals surface area contributed by atoms with Crippen molar-refractivity contribution in [3.05, 3.63) is 41.5 Å². The molecule has 1 aliphatic carbocycles. The largest absolute Gasteiger partial charge is 0.395 e. The van der Waals surface area contributed by atoms with E-state index in [1.54, 1.807) is 12.1 Å². The van der Waals surface area contributed by atoms with Gasteiger partial charge in [-0.1, -0.05) is 25.0 Å². The second-order valence-electron chi connectivity index (χ2n) is 9.06. The van der Waals surface area contributed by atoms with Crippen molar-refractivity contribution >= 4 is 34.1 Å². The number of amides is 2. The van der Waals surface area contributed by atoms with Crippen LogP contribution in [0.5, 0.6) is 0 Å². The maximum Gasteiger partial charge on any atom is 0.261 e. The number of piperazine rings is 1. The molecule has 2 aromatic carbocycles. The third kappa shape index (κ3) is 3.59. The first-order valence-corrected chi connectivity index (χ1v) is 11.6. The van der Waals surface area contributed by atoms with E-state index in [0.29, 0.717) is 28.8 Å². The van der Waals surface area contributed by atoms with Crippen molar-refractivity contribution in [1.82, 2.24) is 9.80 Å². The first kappa shape index (κ1) is 21.1. The van der Waals surface area contributed by atoms with Gasteiger partial charge in [-0.2, -0.15) is 0 Å². The van der Waals surface area contributed by atoms with Gasteiger partial charge in [0.05, 0.1) is 19.7 Å². The number of nitrogens with zero attached hydrogens (tertiary/aromatic N) is 3. The van der Waals surface area contributed by atoms with E-state index in [9.17, 15) is 19.5 Å². The molecule has 7 heteroatoms. The third-order valence-electron chi connectivity index (χ3n) is 7.20. The molecule has 2 aliphatic heterocycles. The molecule has 1 saturated carbocycles. The number of anilines is 1. The smallest absolute Gasteiger partial charge is 0.261 e. The Morgan fingerprint density at radius 3 is 2.31 bits per heavy atom. The number of benzene rings is 2. The Bertz CT molecular complexity index is 1050. The van der Waals surface area contributed by atoms with Gasteiger partial charge in [0.1, 0.15) is 5.78 Å². The molecule has 5 rings (SSSR count). The third-order valence-corrected chi connectivity index (χ3v) is 7.20. The van der Waals surface area contributed by atoms with Gasteiger partial charge in [-0.05, 0) is 31.0 Å². The van der Waals surface area contributed by atoms with Crippen molar-refractivity contribution in [2.75, 3.05) is 50.8 Å². The normalized spacial score (nSPS) is 19.9. The molecule has 1 saturated heterocycles. The molecule has 2 fully saturated rings. The number of hydrogen-bond acceptors (Lipinski definition) is 6. The number of β-amino-alcohol motifs (C(OH)–C–C–N with tert-alkyl or cyclic N) is 1. The van der Waals surface area contributed by atoms with Crippen molar-refractivity contribution in [3.63, 3.8) is 0 Å². The minimum Gasteiger partial charge on any atom is -0.395 e.